The Morgan fingerprint density at radius 1 is 1.12 bits per heavy atom. The van der Waals surface area contributed by atoms with E-state index in [1.54, 1.807) is 6.20 Å². The van der Waals surface area contributed by atoms with Crippen LogP contribution < -0.4 is 10.6 Å². The molecule has 0 saturated carbocycles. The molecule has 0 atom stereocenters. The molecule has 0 unspecified atom stereocenters. The average molecular weight is 328 g/mol. The molecule has 128 valence electrons. The fourth-order valence-corrected chi connectivity index (χ4v) is 2.45. The summed E-state index contributed by atoms with van der Waals surface area (Å²) in [5, 5.41) is 9.72. The number of hydrogen-bond donors (Lipinski definition) is 2. The lowest BCUT2D eigenvalue weighted by atomic mass is 10.1. The quantitative estimate of drug-likeness (QED) is 0.775. The van der Waals surface area contributed by atoms with Crippen LogP contribution in [0.5, 0.6) is 0 Å². The zero-order chi connectivity index (χ0) is 17.4. The molecule has 1 aromatic carbocycles. The van der Waals surface area contributed by atoms with Crippen molar-refractivity contribution in [2.45, 2.75) is 33.2 Å². The van der Waals surface area contributed by atoms with Crippen LogP contribution in [-0.4, -0.2) is 34.7 Å². The Hall–Kier alpha value is -2.63. The van der Waals surface area contributed by atoms with E-state index < -0.39 is 0 Å². The molecule has 24 heavy (non-hydrogen) atoms. The van der Waals surface area contributed by atoms with Crippen molar-refractivity contribution < 1.29 is 9.59 Å². The maximum atomic E-state index is 12.3. The van der Waals surface area contributed by atoms with E-state index >= 15 is 0 Å². The van der Waals surface area contributed by atoms with Crippen LogP contribution in [0.2, 0.25) is 0 Å². The Morgan fingerprint density at radius 3 is 2.54 bits per heavy atom. The summed E-state index contributed by atoms with van der Waals surface area (Å²) in [5.41, 5.74) is 2.52. The van der Waals surface area contributed by atoms with Gasteiger partial charge in [-0.25, -0.2) is 0 Å². The molecular weight excluding hydrogens is 304 g/mol. The molecule has 0 aliphatic rings. The fraction of sp³-hybridized carbons (Fsp3) is 0.389. The Balaban J connectivity index is 2.02. The Morgan fingerprint density at radius 2 is 1.88 bits per heavy atom. The van der Waals surface area contributed by atoms with E-state index in [9.17, 15) is 9.59 Å². The molecule has 2 amide bonds. The third-order valence-electron chi connectivity index (χ3n) is 3.69. The molecule has 1 heterocycles. The summed E-state index contributed by atoms with van der Waals surface area (Å²) in [5.74, 6) is -0.447. The second kappa shape index (κ2) is 8.86. The van der Waals surface area contributed by atoms with Gasteiger partial charge in [-0.3, -0.25) is 14.3 Å². The molecule has 6 nitrogen and oxygen atoms in total. The summed E-state index contributed by atoms with van der Waals surface area (Å²) in [6.45, 7) is 5.18. The zero-order valence-electron chi connectivity index (χ0n) is 14.2. The minimum absolute atomic E-state index is 0.0220. The van der Waals surface area contributed by atoms with Gasteiger partial charge < -0.3 is 10.6 Å². The second-order valence-corrected chi connectivity index (χ2v) is 5.53. The number of amides is 2. The molecule has 2 aromatic rings. The summed E-state index contributed by atoms with van der Waals surface area (Å²) in [6.07, 6.45) is 3.13. The summed E-state index contributed by atoms with van der Waals surface area (Å²) >= 11 is 0. The van der Waals surface area contributed by atoms with Crippen LogP contribution in [-0.2, 0) is 17.8 Å². The molecule has 0 aliphatic heterocycles. The number of benzene rings is 1. The monoisotopic (exact) mass is 328 g/mol. The minimum Gasteiger partial charge on any atom is -0.355 e. The van der Waals surface area contributed by atoms with Gasteiger partial charge >= 0.3 is 0 Å². The Labute approximate surface area is 142 Å². The summed E-state index contributed by atoms with van der Waals surface area (Å²) < 4.78 is 1.83. The van der Waals surface area contributed by atoms with E-state index in [1.807, 2.05) is 48.9 Å². The number of hydrogen-bond acceptors (Lipinski definition) is 3. The highest BCUT2D eigenvalue weighted by Crippen LogP contribution is 2.12. The van der Waals surface area contributed by atoms with E-state index in [1.165, 1.54) is 0 Å². The maximum absolute atomic E-state index is 12.3. The molecular formula is C18H24N4O2. The maximum Gasteiger partial charge on any atom is 0.255 e. The van der Waals surface area contributed by atoms with Crippen LogP contribution in [0.4, 0.5) is 0 Å². The fourth-order valence-electron chi connectivity index (χ4n) is 2.45. The highest BCUT2D eigenvalue weighted by Gasteiger charge is 2.16. The van der Waals surface area contributed by atoms with Crippen molar-refractivity contribution in [1.82, 2.24) is 20.4 Å². The highest BCUT2D eigenvalue weighted by atomic mass is 16.2. The molecule has 0 bridgehead atoms. The van der Waals surface area contributed by atoms with Gasteiger partial charge in [0.1, 0.15) is 0 Å². The van der Waals surface area contributed by atoms with Gasteiger partial charge in [0.25, 0.3) is 5.91 Å². The van der Waals surface area contributed by atoms with Crippen molar-refractivity contribution in [3.8, 4) is 0 Å². The largest absolute Gasteiger partial charge is 0.355 e. The van der Waals surface area contributed by atoms with Gasteiger partial charge in [-0.1, -0.05) is 44.2 Å². The molecule has 0 aliphatic carbocycles. The van der Waals surface area contributed by atoms with Gasteiger partial charge in [-0.05, 0) is 18.4 Å². The number of nitrogens with one attached hydrogen (secondary N) is 2. The van der Waals surface area contributed by atoms with Crippen molar-refractivity contribution in [2.75, 3.05) is 13.1 Å². The molecule has 0 saturated heterocycles. The summed E-state index contributed by atoms with van der Waals surface area (Å²) in [6, 6.07) is 9.98. The smallest absolute Gasteiger partial charge is 0.255 e. The molecule has 0 radical (unpaired) electrons. The van der Waals surface area contributed by atoms with Gasteiger partial charge in [0.05, 0.1) is 30.5 Å². The molecule has 2 rings (SSSR count). The molecule has 0 spiro atoms. The summed E-state index contributed by atoms with van der Waals surface area (Å²) in [7, 11) is 0. The van der Waals surface area contributed by atoms with Gasteiger partial charge in [0.2, 0.25) is 5.91 Å². The second-order valence-electron chi connectivity index (χ2n) is 5.53. The van der Waals surface area contributed by atoms with Crippen LogP contribution >= 0.6 is 0 Å². The van der Waals surface area contributed by atoms with Crippen molar-refractivity contribution in [3.05, 3.63) is 53.3 Å². The number of carbonyl (C=O) groups excluding carboxylic acids is 2. The van der Waals surface area contributed by atoms with Crippen molar-refractivity contribution >= 4 is 11.8 Å². The van der Waals surface area contributed by atoms with E-state index in [0.717, 1.165) is 17.7 Å². The van der Waals surface area contributed by atoms with Crippen molar-refractivity contribution in [3.63, 3.8) is 0 Å². The minimum atomic E-state index is -0.266. The first kappa shape index (κ1) is 17.7. The van der Waals surface area contributed by atoms with E-state index in [4.69, 9.17) is 0 Å². The predicted octanol–water partition coefficient (Wildman–Crippen LogP) is 1.75. The number of aromatic nitrogens is 2. The lowest BCUT2D eigenvalue weighted by Gasteiger charge is -2.09. The van der Waals surface area contributed by atoms with Crippen LogP contribution in [0.3, 0.4) is 0 Å². The first-order valence-corrected chi connectivity index (χ1v) is 8.29. The first-order chi connectivity index (χ1) is 11.7. The molecule has 2 N–H and O–H groups in total. The van der Waals surface area contributed by atoms with Gasteiger partial charge in [0, 0.05) is 6.54 Å². The van der Waals surface area contributed by atoms with E-state index in [2.05, 4.69) is 15.7 Å². The van der Waals surface area contributed by atoms with Crippen LogP contribution in [0.25, 0.3) is 0 Å². The van der Waals surface area contributed by atoms with E-state index in [-0.39, 0.29) is 18.4 Å². The van der Waals surface area contributed by atoms with Gasteiger partial charge in [0.15, 0.2) is 0 Å². The van der Waals surface area contributed by atoms with Crippen LogP contribution in [0, 0.1) is 0 Å². The lowest BCUT2D eigenvalue weighted by Crippen LogP contribution is -2.37. The first-order valence-electron chi connectivity index (χ1n) is 8.29. The van der Waals surface area contributed by atoms with E-state index in [0.29, 0.717) is 25.1 Å². The number of rotatable bonds is 8. The Bertz CT molecular complexity index is 680. The standard InChI is InChI=1S/C18H24N4O2/c1-3-10-19-17(23)12-20-18(24)15-11-21-22(16(15)4-2)13-14-8-6-5-7-9-14/h5-9,11H,3-4,10,12-13H2,1-2H3,(H,19,23)(H,20,24). The normalized spacial score (nSPS) is 10.4. The van der Waals surface area contributed by atoms with Crippen LogP contribution in [0.1, 0.15) is 41.9 Å². The molecule has 6 heteroatoms. The third-order valence-corrected chi connectivity index (χ3v) is 3.69. The Kier molecular flexibility index (Phi) is 6.54. The summed E-state index contributed by atoms with van der Waals surface area (Å²) in [4.78, 5) is 23.9. The number of nitrogens with zero attached hydrogens (tertiary/aromatic N) is 2. The predicted molar refractivity (Wildman–Crippen MR) is 92.8 cm³/mol. The van der Waals surface area contributed by atoms with Crippen molar-refractivity contribution in [1.29, 1.82) is 0 Å². The molecule has 0 fully saturated rings. The van der Waals surface area contributed by atoms with Crippen LogP contribution in [0.15, 0.2) is 36.5 Å². The average Bonchev–Trinajstić information content (AvgIpc) is 3.01. The van der Waals surface area contributed by atoms with Gasteiger partial charge in [-0.15, -0.1) is 0 Å². The zero-order valence-corrected chi connectivity index (χ0v) is 14.2. The highest BCUT2D eigenvalue weighted by molar-refractivity contribution is 5.97. The SMILES string of the molecule is CCCNC(=O)CNC(=O)c1cnn(Cc2ccccc2)c1CC. The lowest BCUT2D eigenvalue weighted by molar-refractivity contribution is -0.120. The number of carbonyl (C=O) groups is 2. The van der Waals surface area contributed by atoms with Crippen molar-refractivity contribution in [2.24, 2.45) is 0 Å². The third kappa shape index (κ3) is 4.68. The molecule has 1 aromatic heterocycles. The van der Waals surface area contributed by atoms with Gasteiger partial charge in [-0.2, -0.15) is 5.10 Å². The topological polar surface area (TPSA) is 76.0 Å².